The number of nitrogens with zero attached hydrogens (tertiary/aromatic N) is 5. The Bertz CT molecular complexity index is 1240. The Kier molecular flexibility index (Phi) is 5.51. The van der Waals surface area contributed by atoms with E-state index in [1.807, 2.05) is 45.9 Å². The maximum absolute atomic E-state index is 12.9. The van der Waals surface area contributed by atoms with Gasteiger partial charge in [-0.15, -0.1) is 0 Å². The number of fused-ring (bicyclic) bond motifs is 1. The zero-order chi connectivity index (χ0) is 21.9. The van der Waals surface area contributed by atoms with Gasteiger partial charge in [0.05, 0.1) is 36.6 Å². The van der Waals surface area contributed by atoms with Crippen molar-refractivity contribution in [2.45, 2.75) is 13.0 Å². The summed E-state index contributed by atoms with van der Waals surface area (Å²) < 4.78 is 7.22. The minimum Gasteiger partial charge on any atom is -0.378 e. The third-order valence-electron chi connectivity index (χ3n) is 5.63. The number of aromatic nitrogens is 4. The Morgan fingerprint density at radius 2 is 1.94 bits per heavy atom. The lowest BCUT2D eigenvalue weighted by atomic mass is 10.1. The quantitative estimate of drug-likeness (QED) is 0.520. The molecule has 1 unspecified atom stereocenters. The predicted molar refractivity (Wildman–Crippen MR) is 124 cm³/mol. The summed E-state index contributed by atoms with van der Waals surface area (Å²) in [6, 6.07) is 15.8. The Labute approximate surface area is 187 Å². The zero-order valence-corrected chi connectivity index (χ0v) is 17.8. The molecule has 0 spiro atoms. The number of ether oxygens (including phenoxy) is 1. The van der Waals surface area contributed by atoms with Gasteiger partial charge in [0.1, 0.15) is 12.1 Å². The minimum absolute atomic E-state index is 0. The molecule has 0 saturated carbocycles. The summed E-state index contributed by atoms with van der Waals surface area (Å²) in [5, 5.41) is 3.40. The standard InChI is InChI=1S/C24H24N6O2.H2/c1-17(18-5-3-2-4-6-18)27-22-14-25-15-23(28-22)30-16-26-20-8-7-19(13-21(20)30)24(31)29-9-11-32-12-10-29;/h2-8,13-17H,9-12H2,1H3,(H,27,28);1H. The molecule has 1 fully saturated rings. The summed E-state index contributed by atoms with van der Waals surface area (Å²) in [6.45, 7) is 4.44. The maximum atomic E-state index is 12.9. The number of benzene rings is 2. The topological polar surface area (TPSA) is 85.2 Å². The van der Waals surface area contributed by atoms with Gasteiger partial charge in [-0.25, -0.2) is 9.97 Å². The molecule has 8 heteroatoms. The van der Waals surface area contributed by atoms with Gasteiger partial charge in [-0.1, -0.05) is 30.3 Å². The number of hydrogen-bond donors (Lipinski definition) is 1. The van der Waals surface area contributed by atoms with Crippen LogP contribution in [0.1, 0.15) is 30.3 Å². The van der Waals surface area contributed by atoms with Gasteiger partial charge in [-0.05, 0) is 30.7 Å². The van der Waals surface area contributed by atoms with Gasteiger partial charge in [0.2, 0.25) is 0 Å². The molecule has 5 rings (SSSR count). The largest absolute Gasteiger partial charge is 0.378 e. The van der Waals surface area contributed by atoms with E-state index in [4.69, 9.17) is 9.72 Å². The normalized spacial score (nSPS) is 15.0. The van der Waals surface area contributed by atoms with Crippen molar-refractivity contribution >= 4 is 22.8 Å². The Hall–Kier alpha value is -3.78. The fraction of sp³-hybridized carbons (Fsp3) is 0.250. The van der Waals surface area contributed by atoms with Gasteiger partial charge in [0, 0.05) is 26.1 Å². The van der Waals surface area contributed by atoms with E-state index in [9.17, 15) is 4.79 Å². The molecule has 1 amide bonds. The van der Waals surface area contributed by atoms with Gasteiger partial charge in [-0.3, -0.25) is 14.3 Å². The molecule has 1 atom stereocenters. The van der Waals surface area contributed by atoms with Gasteiger partial charge in [-0.2, -0.15) is 0 Å². The van der Waals surface area contributed by atoms with Crippen LogP contribution in [0.4, 0.5) is 5.82 Å². The number of carbonyl (C=O) groups is 1. The zero-order valence-electron chi connectivity index (χ0n) is 17.8. The van der Waals surface area contributed by atoms with Crippen LogP contribution in [-0.4, -0.2) is 56.6 Å². The first-order valence-corrected chi connectivity index (χ1v) is 10.7. The summed E-state index contributed by atoms with van der Waals surface area (Å²) in [5.74, 6) is 1.30. The van der Waals surface area contributed by atoms with Crippen LogP contribution < -0.4 is 5.32 Å². The third kappa shape index (κ3) is 4.04. The minimum atomic E-state index is 0. The summed E-state index contributed by atoms with van der Waals surface area (Å²) >= 11 is 0. The average Bonchev–Trinajstić information content (AvgIpc) is 3.28. The van der Waals surface area contributed by atoms with Crippen molar-refractivity contribution < 1.29 is 11.0 Å². The van der Waals surface area contributed by atoms with Crippen LogP contribution in [0.15, 0.2) is 67.3 Å². The van der Waals surface area contributed by atoms with Crippen LogP contribution in [-0.2, 0) is 4.74 Å². The van der Waals surface area contributed by atoms with Crippen molar-refractivity contribution in [2.75, 3.05) is 31.6 Å². The molecule has 1 aliphatic rings. The Balaban J connectivity index is 0.00000259. The molecule has 1 saturated heterocycles. The van der Waals surface area contributed by atoms with Crippen LogP contribution in [0.3, 0.4) is 0 Å². The van der Waals surface area contributed by atoms with E-state index >= 15 is 0 Å². The van der Waals surface area contributed by atoms with E-state index in [-0.39, 0.29) is 13.4 Å². The molecule has 0 bridgehead atoms. The van der Waals surface area contributed by atoms with Crippen molar-refractivity contribution in [3.05, 3.63) is 78.4 Å². The smallest absolute Gasteiger partial charge is 0.254 e. The molecule has 0 aliphatic carbocycles. The van der Waals surface area contributed by atoms with Gasteiger partial charge in [0.25, 0.3) is 5.91 Å². The first-order chi connectivity index (χ1) is 15.7. The molecule has 0 radical (unpaired) electrons. The Morgan fingerprint density at radius 1 is 1.12 bits per heavy atom. The van der Waals surface area contributed by atoms with Crippen LogP contribution in [0, 0.1) is 0 Å². The summed E-state index contributed by atoms with van der Waals surface area (Å²) in [7, 11) is 0. The number of nitrogens with one attached hydrogen (secondary N) is 1. The highest BCUT2D eigenvalue weighted by atomic mass is 16.5. The van der Waals surface area contributed by atoms with Crippen molar-refractivity contribution in [1.82, 2.24) is 24.4 Å². The molecule has 4 aromatic rings. The molecule has 164 valence electrons. The second kappa shape index (κ2) is 8.76. The first kappa shape index (κ1) is 20.1. The van der Waals surface area contributed by atoms with E-state index < -0.39 is 0 Å². The summed E-state index contributed by atoms with van der Waals surface area (Å²) in [4.78, 5) is 28.3. The van der Waals surface area contributed by atoms with Gasteiger partial charge >= 0.3 is 0 Å². The predicted octanol–water partition coefficient (Wildman–Crippen LogP) is 3.71. The van der Waals surface area contributed by atoms with Crippen molar-refractivity contribution in [1.29, 1.82) is 0 Å². The first-order valence-electron chi connectivity index (χ1n) is 10.7. The van der Waals surface area contributed by atoms with Crippen LogP contribution >= 0.6 is 0 Å². The molecular formula is C24H26N6O2. The number of morpholine rings is 1. The number of amides is 1. The third-order valence-corrected chi connectivity index (χ3v) is 5.63. The van der Waals surface area contributed by atoms with Crippen LogP contribution in [0.2, 0.25) is 0 Å². The van der Waals surface area contributed by atoms with E-state index in [1.54, 1.807) is 18.7 Å². The lowest BCUT2D eigenvalue weighted by Crippen LogP contribution is -2.40. The van der Waals surface area contributed by atoms with E-state index in [0.29, 0.717) is 43.5 Å². The van der Waals surface area contributed by atoms with Crippen molar-refractivity contribution in [3.8, 4) is 5.82 Å². The lowest BCUT2D eigenvalue weighted by molar-refractivity contribution is 0.0303. The second-order valence-electron chi connectivity index (χ2n) is 7.76. The summed E-state index contributed by atoms with van der Waals surface area (Å²) in [6.07, 6.45) is 5.10. The number of anilines is 1. The van der Waals surface area contributed by atoms with Crippen LogP contribution in [0.25, 0.3) is 16.9 Å². The molecule has 2 aromatic carbocycles. The highest BCUT2D eigenvalue weighted by Gasteiger charge is 2.19. The summed E-state index contributed by atoms with van der Waals surface area (Å²) in [5.41, 5.74) is 3.40. The number of carbonyl (C=O) groups excluding carboxylic acids is 1. The van der Waals surface area contributed by atoms with E-state index in [1.165, 1.54) is 5.56 Å². The fourth-order valence-electron chi connectivity index (χ4n) is 3.86. The molecule has 8 nitrogen and oxygen atoms in total. The Morgan fingerprint density at radius 3 is 2.75 bits per heavy atom. The molecule has 3 heterocycles. The van der Waals surface area contributed by atoms with Crippen molar-refractivity contribution in [3.63, 3.8) is 0 Å². The molecule has 1 N–H and O–H groups in total. The average molecular weight is 431 g/mol. The van der Waals surface area contributed by atoms with Gasteiger partial charge in [0.15, 0.2) is 5.82 Å². The molecule has 1 aliphatic heterocycles. The van der Waals surface area contributed by atoms with Gasteiger partial charge < -0.3 is 15.0 Å². The SMILES string of the molecule is CC(Nc1cncc(-n2cnc3ccc(C(=O)N4CCOCC4)cc32)n1)c1ccccc1.[HH]. The molecule has 2 aromatic heterocycles. The van der Waals surface area contributed by atoms with Crippen LogP contribution in [0.5, 0.6) is 0 Å². The second-order valence-corrected chi connectivity index (χ2v) is 7.76. The number of rotatable bonds is 5. The fourth-order valence-corrected chi connectivity index (χ4v) is 3.86. The molecular weight excluding hydrogens is 404 g/mol. The highest BCUT2D eigenvalue weighted by Crippen LogP contribution is 2.22. The van der Waals surface area contributed by atoms with E-state index in [0.717, 1.165) is 11.0 Å². The molecule has 32 heavy (non-hydrogen) atoms. The highest BCUT2D eigenvalue weighted by molar-refractivity contribution is 5.97. The monoisotopic (exact) mass is 430 g/mol. The number of hydrogen-bond acceptors (Lipinski definition) is 6. The number of imidazole rings is 1. The maximum Gasteiger partial charge on any atom is 0.254 e. The lowest BCUT2D eigenvalue weighted by Gasteiger charge is -2.26. The van der Waals surface area contributed by atoms with E-state index in [2.05, 4.69) is 34.3 Å². The van der Waals surface area contributed by atoms with Crippen molar-refractivity contribution in [2.24, 2.45) is 0 Å².